The number of rotatable bonds is 4. The van der Waals surface area contributed by atoms with Crippen molar-refractivity contribution < 1.29 is 4.79 Å². The normalized spacial score (nSPS) is 16.5. The van der Waals surface area contributed by atoms with Crippen LogP contribution in [-0.4, -0.2) is 18.5 Å². The summed E-state index contributed by atoms with van der Waals surface area (Å²) in [6, 6.07) is 8.15. The molecule has 3 nitrogen and oxygen atoms in total. The van der Waals surface area contributed by atoms with Gasteiger partial charge >= 0.3 is 0 Å². The Hall–Kier alpha value is -0.870. The van der Waals surface area contributed by atoms with Crippen LogP contribution in [0.25, 0.3) is 0 Å². The number of hydrogen-bond acceptors (Lipinski definition) is 2. The molecule has 0 bridgehead atoms. The molecular formula is C14H19BrN2O. The molecule has 1 aromatic rings. The van der Waals surface area contributed by atoms with Crippen molar-refractivity contribution in [3.63, 3.8) is 0 Å². The van der Waals surface area contributed by atoms with Crippen LogP contribution < -0.4 is 10.6 Å². The SMILES string of the molecule is O=C(CNC1CCCCC1)Nc1ccc(Br)cc1. The maximum atomic E-state index is 11.8. The van der Waals surface area contributed by atoms with Crippen molar-refractivity contribution in [2.45, 2.75) is 38.1 Å². The third kappa shape index (κ3) is 4.42. The van der Waals surface area contributed by atoms with Crippen molar-refractivity contribution in [3.05, 3.63) is 28.7 Å². The van der Waals surface area contributed by atoms with Gasteiger partial charge in [-0.1, -0.05) is 35.2 Å². The average molecular weight is 311 g/mol. The zero-order chi connectivity index (χ0) is 12.8. The summed E-state index contributed by atoms with van der Waals surface area (Å²) in [6.45, 7) is 0.404. The number of hydrogen-bond donors (Lipinski definition) is 2. The van der Waals surface area contributed by atoms with Crippen LogP contribution in [0.2, 0.25) is 0 Å². The van der Waals surface area contributed by atoms with Crippen LogP contribution in [0.15, 0.2) is 28.7 Å². The van der Waals surface area contributed by atoms with Gasteiger partial charge in [0, 0.05) is 16.2 Å². The van der Waals surface area contributed by atoms with Crippen LogP contribution in [0.3, 0.4) is 0 Å². The first-order valence-corrected chi connectivity index (χ1v) is 7.32. The topological polar surface area (TPSA) is 41.1 Å². The van der Waals surface area contributed by atoms with Crippen LogP contribution in [0.5, 0.6) is 0 Å². The molecular weight excluding hydrogens is 292 g/mol. The van der Waals surface area contributed by atoms with E-state index >= 15 is 0 Å². The monoisotopic (exact) mass is 310 g/mol. The number of halogens is 1. The molecule has 0 aromatic heterocycles. The molecule has 1 aliphatic carbocycles. The number of nitrogens with one attached hydrogen (secondary N) is 2. The summed E-state index contributed by atoms with van der Waals surface area (Å²) in [5.74, 6) is 0.0305. The number of carbonyl (C=O) groups is 1. The molecule has 0 atom stereocenters. The minimum absolute atomic E-state index is 0.0305. The van der Waals surface area contributed by atoms with Crippen molar-refractivity contribution in [2.75, 3.05) is 11.9 Å². The lowest BCUT2D eigenvalue weighted by Crippen LogP contribution is -2.37. The Morgan fingerprint density at radius 3 is 2.50 bits per heavy atom. The summed E-state index contributed by atoms with van der Waals surface area (Å²) in [6.07, 6.45) is 6.30. The van der Waals surface area contributed by atoms with E-state index in [1.165, 1.54) is 32.1 Å². The molecule has 0 saturated heterocycles. The molecule has 0 radical (unpaired) electrons. The van der Waals surface area contributed by atoms with E-state index < -0.39 is 0 Å². The zero-order valence-corrected chi connectivity index (χ0v) is 12.0. The third-order valence-corrected chi connectivity index (χ3v) is 3.81. The van der Waals surface area contributed by atoms with Crippen molar-refractivity contribution in [1.29, 1.82) is 0 Å². The summed E-state index contributed by atoms with van der Waals surface area (Å²) >= 11 is 3.37. The van der Waals surface area contributed by atoms with Gasteiger partial charge in [0.1, 0.15) is 0 Å². The fraction of sp³-hybridized carbons (Fsp3) is 0.500. The van der Waals surface area contributed by atoms with E-state index in [0.29, 0.717) is 12.6 Å². The smallest absolute Gasteiger partial charge is 0.238 e. The predicted molar refractivity (Wildman–Crippen MR) is 77.6 cm³/mol. The quantitative estimate of drug-likeness (QED) is 0.896. The number of carbonyl (C=O) groups excluding carboxylic acids is 1. The summed E-state index contributed by atoms with van der Waals surface area (Å²) in [7, 11) is 0. The van der Waals surface area contributed by atoms with Gasteiger partial charge in [0.25, 0.3) is 0 Å². The Bertz CT molecular complexity index is 385. The highest BCUT2D eigenvalue weighted by Gasteiger charge is 2.13. The van der Waals surface area contributed by atoms with Crippen molar-refractivity contribution >= 4 is 27.5 Å². The largest absolute Gasteiger partial charge is 0.325 e. The molecule has 2 N–H and O–H groups in total. The molecule has 1 aliphatic rings. The fourth-order valence-electron chi connectivity index (χ4n) is 2.28. The van der Waals surface area contributed by atoms with Crippen LogP contribution in [0.1, 0.15) is 32.1 Å². The predicted octanol–water partition coefficient (Wildman–Crippen LogP) is 3.31. The van der Waals surface area contributed by atoms with E-state index in [9.17, 15) is 4.79 Å². The molecule has 0 heterocycles. The standard InChI is InChI=1S/C14H19BrN2O/c15-11-6-8-13(9-7-11)17-14(18)10-16-12-4-2-1-3-5-12/h6-9,12,16H,1-5,10H2,(H,17,18). The van der Waals surface area contributed by atoms with E-state index in [1.807, 2.05) is 24.3 Å². The first-order valence-electron chi connectivity index (χ1n) is 6.53. The lowest BCUT2D eigenvalue weighted by Gasteiger charge is -2.22. The van der Waals surface area contributed by atoms with Crippen molar-refractivity contribution in [1.82, 2.24) is 5.32 Å². The number of benzene rings is 1. The van der Waals surface area contributed by atoms with E-state index in [2.05, 4.69) is 26.6 Å². The highest BCUT2D eigenvalue weighted by atomic mass is 79.9. The van der Waals surface area contributed by atoms with Gasteiger partial charge in [-0.25, -0.2) is 0 Å². The number of amides is 1. The Labute approximate surface area is 116 Å². The summed E-state index contributed by atoms with van der Waals surface area (Å²) < 4.78 is 1.01. The van der Waals surface area contributed by atoms with E-state index in [0.717, 1.165) is 10.2 Å². The third-order valence-electron chi connectivity index (χ3n) is 3.28. The molecule has 98 valence electrons. The van der Waals surface area contributed by atoms with Crippen LogP contribution in [-0.2, 0) is 4.79 Å². The van der Waals surface area contributed by atoms with Crippen molar-refractivity contribution in [2.24, 2.45) is 0 Å². The fourth-order valence-corrected chi connectivity index (χ4v) is 2.55. The Morgan fingerprint density at radius 2 is 1.83 bits per heavy atom. The highest BCUT2D eigenvalue weighted by Crippen LogP contribution is 2.17. The molecule has 2 rings (SSSR count). The Morgan fingerprint density at radius 1 is 1.17 bits per heavy atom. The highest BCUT2D eigenvalue weighted by molar-refractivity contribution is 9.10. The van der Waals surface area contributed by atoms with Gasteiger partial charge in [0.05, 0.1) is 6.54 Å². The molecule has 1 amide bonds. The van der Waals surface area contributed by atoms with Gasteiger partial charge in [-0.15, -0.1) is 0 Å². The van der Waals surface area contributed by atoms with Gasteiger partial charge < -0.3 is 10.6 Å². The van der Waals surface area contributed by atoms with Crippen LogP contribution in [0, 0.1) is 0 Å². The van der Waals surface area contributed by atoms with E-state index in [4.69, 9.17) is 0 Å². The minimum Gasteiger partial charge on any atom is -0.325 e. The molecule has 18 heavy (non-hydrogen) atoms. The number of anilines is 1. The Balaban J connectivity index is 1.73. The van der Waals surface area contributed by atoms with Gasteiger partial charge in [-0.2, -0.15) is 0 Å². The minimum atomic E-state index is 0.0305. The average Bonchev–Trinajstić information content (AvgIpc) is 2.40. The van der Waals surface area contributed by atoms with Crippen molar-refractivity contribution in [3.8, 4) is 0 Å². The van der Waals surface area contributed by atoms with E-state index in [1.54, 1.807) is 0 Å². The van der Waals surface area contributed by atoms with Crippen LogP contribution >= 0.6 is 15.9 Å². The molecule has 0 aliphatic heterocycles. The first kappa shape index (κ1) is 13.6. The lowest BCUT2D eigenvalue weighted by molar-refractivity contribution is -0.115. The first-order chi connectivity index (χ1) is 8.74. The summed E-state index contributed by atoms with van der Waals surface area (Å²) in [5, 5.41) is 6.22. The zero-order valence-electron chi connectivity index (χ0n) is 10.4. The molecule has 1 fully saturated rings. The molecule has 1 saturated carbocycles. The van der Waals surface area contributed by atoms with Crippen LogP contribution in [0.4, 0.5) is 5.69 Å². The summed E-state index contributed by atoms with van der Waals surface area (Å²) in [4.78, 5) is 11.8. The maximum absolute atomic E-state index is 11.8. The maximum Gasteiger partial charge on any atom is 0.238 e. The van der Waals surface area contributed by atoms with E-state index in [-0.39, 0.29) is 5.91 Å². The molecule has 0 spiro atoms. The second-order valence-corrected chi connectivity index (χ2v) is 5.69. The lowest BCUT2D eigenvalue weighted by atomic mass is 9.95. The second-order valence-electron chi connectivity index (χ2n) is 4.77. The summed E-state index contributed by atoms with van der Waals surface area (Å²) in [5.41, 5.74) is 0.841. The second kappa shape index (κ2) is 6.90. The molecule has 4 heteroatoms. The van der Waals surface area contributed by atoms with Gasteiger partial charge in [0.2, 0.25) is 5.91 Å². The van der Waals surface area contributed by atoms with Gasteiger partial charge in [0.15, 0.2) is 0 Å². The molecule has 1 aromatic carbocycles. The van der Waals surface area contributed by atoms with Gasteiger partial charge in [-0.05, 0) is 37.1 Å². The molecule has 0 unspecified atom stereocenters. The Kier molecular flexibility index (Phi) is 5.20. The van der Waals surface area contributed by atoms with Gasteiger partial charge in [-0.3, -0.25) is 4.79 Å².